The van der Waals surface area contributed by atoms with Crippen molar-refractivity contribution in [3.8, 4) is 0 Å². The molecule has 1 heterocycles. The van der Waals surface area contributed by atoms with Crippen LogP contribution in [0.1, 0.15) is 13.8 Å². The third-order valence-corrected chi connectivity index (χ3v) is 3.26. The summed E-state index contributed by atoms with van der Waals surface area (Å²) in [5, 5.41) is 0. The van der Waals surface area contributed by atoms with Gasteiger partial charge in [0.2, 0.25) is 5.95 Å². The van der Waals surface area contributed by atoms with Gasteiger partial charge in [0.1, 0.15) is 5.82 Å². The zero-order valence-electron chi connectivity index (χ0n) is 10.5. The Labute approximate surface area is 102 Å². The van der Waals surface area contributed by atoms with Crippen LogP contribution in [-0.2, 0) is 0 Å². The normalized spacial score (nSPS) is 11.4. The Morgan fingerprint density at radius 3 is 2.44 bits per heavy atom. The van der Waals surface area contributed by atoms with Crippen molar-refractivity contribution in [2.45, 2.75) is 19.4 Å². The van der Waals surface area contributed by atoms with Crippen LogP contribution in [-0.4, -0.2) is 42.5 Å². The molecule has 0 unspecified atom stereocenters. The molecule has 5 heteroatoms. The molecule has 0 radical (unpaired) electrons. The summed E-state index contributed by atoms with van der Waals surface area (Å²) in [5.41, 5.74) is -0.126. The molecule has 4 nitrogen and oxygen atoms in total. The summed E-state index contributed by atoms with van der Waals surface area (Å²) in [7, 11) is 5.84. The van der Waals surface area contributed by atoms with Crippen LogP contribution in [0.25, 0.3) is 0 Å². The number of hydrogen-bond donors (Lipinski definition) is 0. The summed E-state index contributed by atoms with van der Waals surface area (Å²) in [5.74, 6) is 2.13. The van der Waals surface area contributed by atoms with Crippen molar-refractivity contribution >= 4 is 23.4 Å². The Morgan fingerprint density at radius 1 is 1.31 bits per heavy atom. The summed E-state index contributed by atoms with van der Waals surface area (Å²) < 4.78 is 0. The fourth-order valence-corrected chi connectivity index (χ4v) is 1.32. The lowest BCUT2D eigenvalue weighted by Crippen LogP contribution is -2.43. The minimum Gasteiger partial charge on any atom is -0.353 e. The lowest BCUT2D eigenvalue weighted by molar-refractivity contribution is 0.540. The van der Waals surface area contributed by atoms with Gasteiger partial charge in [0.15, 0.2) is 0 Å². The SMILES string of the molecule is CN(C)c1nccc(N(C)C(C)(C)CCl)n1. The van der Waals surface area contributed by atoms with Crippen molar-refractivity contribution in [1.82, 2.24) is 9.97 Å². The Kier molecular flexibility index (Phi) is 3.97. The predicted molar refractivity (Wildman–Crippen MR) is 69.6 cm³/mol. The van der Waals surface area contributed by atoms with Crippen LogP contribution in [0.2, 0.25) is 0 Å². The molecule has 1 rings (SSSR count). The number of anilines is 2. The second-order valence-electron chi connectivity index (χ2n) is 4.61. The molecule has 1 aromatic heterocycles. The zero-order chi connectivity index (χ0) is 12.3. The van der Waals surface area contributed by atoms with Gasteiger partial charge in [-0.25, -0.2) is 4.98 Å². The molecule has 0 N–H and O–H groups in total. The highest BCUT2D eigenvalue weighted by atomic mass is 35.5. The largest absolute Gasteiger partial charge is 0.353 e. The average Bonchev–Trinajstić information content (AvgIpc) is 2.28. The van der Waals surface area contributed by atoms with Crippen LogP contribution >= 0.6 is 11.6 Å². The average molecular weight is 243 g/mol. The fourth-order valence-electron chi connectivity index (χ4n) is 1.14. The highest BCUT2D eigenvalue weighted by Crippen LogP contribution is 2.22. The molecule has 0 aliphatic carbocycles. The molecule has 0 bridgehead atoms. The third kappa shape index (κ3) is 2.76. The summed E-state index contributed by atoms with van der Waals surface area (Å²) in [6.07, 6.45) is 1.76. The van der Waals surface area contributed by atoms with Gasteiger partial charge in [-0.15, -0.1) is 11.6 Å². The number of aromatic nitrogens is 2. The van der Waals surface area contributed by atoms with E-state index >= 15 is 0 Å². The van der Waals surface area contributed by atoms with E-state index in [1.807, 2.05) is 32.1 Å². The van der Waals surface area contributed by atoms with Gasteiger partial charge in [0.05, 0.1) is 0 Å². The zero-order valence-corrected chi connectivity index (χ0v) is 11.3. The maximum atomic E-state index is 5.94. The van der Waals surface area contributed by atoms with Crippen molar-refractivity contribution in [2.24, 2.45) is 0 Å². The van der Waals surface area contributed by atoms with E-state index in [0.717, 1.165) is 5.82 Å². The van der Waals surface area contributed by atoms with Crippen molar-refractivity contribution in [3.05, 3.63) is 12.3 Å². The molecule has 0 amide bonds. The number of nitrogens with zero attached hydrogens (tertiary/aromatic N) is 4. The van der Waals surface area contributed by atoms with Gasteiger partial charge in [0.25, 0.3) is 0 Å². The van der Waals surface area contributed by atoms with Crippen molar-refractivity contribution in [2.75, 3.05) is 36.8 Å². The topological polar surface area (TPSA) is 32.3 Å². The van der Waals surface area contributed by atoms with Crippen molar-refractivity contribution < 1.29 is 0 Å². The van der Waals surface area contributed by atoms with Gasteiger partial charge in [-0.2, -0.15) is 4.98 Å². The number of hydrogen-bond acceptors (Lipinski definition) is 4. The van der Waals surface area contributed by atoms with Gasteiger partial charge >= 0.3 is 0 Å². The van der Waals surface area contributed by atoms with Crippen molar-refractivity contribution in [3.63, 3.8) is 0 Å². The highest BCUT2D eigenvalue weighted by molar-refractivity contribution is 6.18. The molecule has 0 atom stereocenters. The molecular weight excluding hydrogens is 224 g/mol. The van der Waals surface area contributed by atoms with Crippen LogP contribution in [0, 0.1) is 0 Å². The summed E-state index contributed by atoms with van der Waals surface area (Å²) in [6, 6.07) is 1.89. The smallest absolute Gasteiger partial charge is 0.226 e. The molecule has 90 valence electrons. The van der Waals surface area contributed by atoms with Gasteiger partial charge in [-0.3, -0.25) is 0 Å². The van der Waals surface area contributed by atoms with Crippen LogP contribution in [0.5, 0.6) is 0 Å². The minimum absolute atomic E-state index is 0.126. The molecular formula is C11H19ClN4. The predicted octanol–water partition coefficient (Wildman–Crippen LogP) is 2.00. The van der Waals surface area contributed by atoms with Gasteiger partial charge < -0.3 is 9.80 Å². The highest BCUT2D eigenvalue weighted by Gasteiger charge is 2.23. The summed E-state index contributed by atoms with van der Waals surface area (Å²) in [6.45, 7) is 4.16. The number of rotatable bonds is 4. The summed E-state index contributed by atoms with van der Waals surface area (Å²) in [4.78, 5) is 12.6. The number of halogens is 1. The van der Waals surface area contributed by atoms with Crippen molar-refractivity contribution in [1.29, 1.82) is 0 Å². The van der Waals surface area contributed by atoms with E-state index < -0.39 is 0 Å². The standard InChI is InChI=1S/C11H19ClN4/c1-11(2,8-12)16(5)9-6-7-13-10(14-9)15(3)4/h6-7H,8H2,1-5H3. The van der Waals surface area contributed by atoms with Crippen LogP contribution in [0.3, 0.4) is 0 Å². The maximum absolute atomic E-state index is 5.94. The molecule has 1 aromatic rings. The first-order valence-corrected chi connectivity index (χ1v) is 5.72. The molecule has 0 spiro atoms. The second-order valence-corrected chi connectivity index (χ2v) is 4.88. The van der Waals surface area contributed by atoms with E-state index in [1.54, 1.807) is 6.20 Å². The molecule has 0 aromatic carbocycles. The van der Waals surface area contributed by atoms with Gasteiger partial charge in [-0.1, -0.05) is 0 Å². The molecule has 0 aliphatic rings. The van der Waals surface area contributed by atoms with E-state index in [0.29, 0.717) is 11.8 Å². The number of alkyl halides is 1. The Bertz CT molecular complexity index is 352. The Morgan fingerprint density at radius 2 is 1.94 bits per heavy atom. The lowest BCUT2D eigenvalue weighted by atomic mass is 10.1. The minimum atomic E-state index is -0.126. The quantitative estimate of drug-likeness (QED) is 0.756. The maximum Gasteiger partial charge on any atom is 0.226 e. The second kappa shape index (κ2) is 4.87. The molecule has 0 saturated carbocycles. The van der Waals surface area contributed by atoms with Crippen LogP contribution in [0.4, 0.5) is 11.8 Å². The van der Waals surface area contributed by atoms with Gasteiger partial charge in [-0.05, 0) is 19.9 Å². The van der Waals surface area contributed by atoms with E-state index in [-0.39, 0.29) is 5.54 Å². The third-order valence-electron chi connectivity index (χ3n) is 2.61. The molecule has 0 aliphatic heterocycles. The monoisotopic (exact) mass is 242 g/mol. The Balaban J connectivity index is 3.00. The molecule has 0 fully saturated rings. The first kappa shape index (κ1) is 13.0. The van der Waals surface area contributed by atoms with E-state index in [4.69, 9.17) is 11.6 Å². The lowest BCUT2D eigenvalue weighted by Gasteiger charge is -2.35. The van der Waals surface area contributed by atoms with Gasteiger partial charge in [0, 0.05) is 38.8 Å². The summed E-state index contributed by atoms with van der Waals surface area (Å²) >= 11 is 5.94. The van der Waals surface area contributed by atoms with E-state index in [1.165, 1.54) is 0 Å². The molecule has 0 saturated heterocycles. The fraction of sp³-hybridized carbons (Fsp3) is 0.636. The van der Waals surface area contributed by atoms with E-state index in [9.17, 15) is 0 Å². The first-order chi connectivity index (χ1) is 7.38. The molecule has 16 heavy (non-hydrogen) atoms. The Hall–Kier alpha value is -1.03. The van der Waals surface area contributed by atoms with Crippen LogP contribution < -0.4 is 9.80 Å². The first-order valence-electron chi connectivity index (χ1n) is 5.18. The van der Waals surface area contributed by atoms with Crippen LogP contribution in [0.15, 0.2) is 12.3 Å². The van der Waals surface area contributed by atoms with E-state index in [2.05, 4.69) is 28.7 Å².